The summed E-state index contributed by atoms with van der Waals surface area (Å²) in [6.07, 6.45) is 5.02. The van der Waals surface area contributed by atoms with Gasteiger partial charge in [-0.15, -0.1) is 0 Å². The molecule has 0 aromatic heterocycles. The predicted molar refractivity (Wildman–Crippen MR) is 65.5 cm³/mol. The molecule has 0 aromatic rings. The monoisotopic (exact) mass is 231 g/mol. The normalized spacial score (nSPS) is 12.7. The van der Waals surface area contributed by atoms with E-state index < -0.39 is 0 Å². The Morgan fingerprint density at radius 3 is 2.53 bits per heavy atom. The van der Waals surface area contributed by atoms with Crippen LogP contribution in [0.4, 0.5) is 0 Å². The first kappa shape index (κ1) is 14.6. The van der Waals surface area contributed by atoms with Gasteiger partial charge in [-0.1, -0.05) is 6.92 Å². The molecule has 0 aromatic carbocycles. The van der Waals surface area contributed by atoms with Crippen LogP contribution in [-0.4, -0.2) is 42.4 Å². The predicted octanol–water partition coefficient (Wildman–Crippen LogP) is 1.56. The molecule has 0 N–H and O–H groups in total. The Kier molecular flexibility index (Phi) is 9.94. The van der Waals surface area contributed by atoms with Crippen molar-refractivity contribution >= 4 is 25.2 Å². The van der Waals surface area contributed by atoms with Gasteiger partial charge in [-0.2, -0.15) is 12.6 Å². The summed E-state index contributed by atoms with van der Waals surface area (Å²) in [6, 6.07) is 0. The van der Waals surface area contributed by atoms with Gasteiger partial charge in [0, 0.05) is 24.6 Å². The van der Waals surface area contributed by atoms with E-state index in [1.807, 2.05) is 0 Å². The molecule has 0 spiro atoms. The van der Waals surface area contributed by atoms with Gasteiger partial charge in [-0.3, -0.25) is 0 Å². The highest BCUT2D eigenvalue weighted by molar-refractivity contribution is 7.81. The van der Waals surface area contributed by atoms with Crippen molar-refractivity contribution in [2.75, 3.05) is 19.6 Å². The molecular weight excluding hydrogens is 210 g/mol. The largest absolute Gasteiger partial charge is 0.303 e. The summed E-state index contributed by atoms with van der Waals surface area (Å²) in [7, 11) is 0. The average Bonchev–Trinajstić information content (AvgIpc) is 2.23. The van der Waals surface area contributed by atoms with E-state index in [1.54, 1.807) is 0 Å². The van der Waals surface area contributed by atoms with Gasteiger partial charge in [0.1, 0.15) is 12.6 Å². The maximum atomic E-state index is 10.3. The van der Waals surface area contributed by atoms with Crippen molar-refractivity contribution in [3.05, 3.63) is 0 Å². The summed E-state index contributed by atoms with van der Waals surface area (Å²) in [5.41, 5.74) is 0. The zero-order valence-electron chi connectivity index (χ0n) is 9.39. The first-order chi connectivity index (χ1) is 7.24. The van der Waals surface area contributed by atoms with Crippen molar-refractivity contribution in [1.29, 1.82) is 0 Å². The molecule has 0 fully saturated rings. The maximum Gasteiger partial charge on any atom is 0.121 e. The minimum Gasteiger partial charge on any atom is -0.303 e. The second kappa shape index (κ2) is 10.2. The lowest BCUT2D eigenvalue weighted by molar-refractivity contribution is -0.108. The molecule has 15 heavy (non-hydrogen) atoms. The van der Waals surface area contributed by atoms with Crippen LogP contribution < -0.4 is 0 Å². The first-order valence-electron chi connectivity index (χ1n) is 5.52. The Morgan fingerprint density at radius 1 is 1.27 bits per heavy atom. The lowest BCUT2D eigenvalue weighted by Crippen LogP contribution is -2.31. The van der Waals surface area contributed by atoms with E-state index in [0.717, 1.165) is 45.0 Å². The van der Waals surface area contributed by atoms with Gasteiger partial charge in [-0.25, -0.2) is 0 Å². The molecule has 0 saturated heterocycles. The molecule has 3 nitrogen and oxygen atoms in total. The molecular formula is C11H21NO2S. The van der Waals surface area contributed by atoms with Crippen LogP contribution in [0.2, 0.25) is 0 Å². The molecule has 1 unspecified atom stereocenters. The Bertz CT molecular complexity index is 176. The highest BCUT2D eigenvalue weighted by Crippen LogP contribution is 2.04. The highest BCUT2D eigenvalue weighted by atomic mass is 32.1. The Balaban J connectivity index is 3.61. The van der Waals surface area contributed by atoms with Crippen molar-refractivity contribution in [3.8, 4) is 0 Å². The van der Waals surface area contributed by atoms with Crippen molar-refractivity contribution in [2.45, 2.75) is 37.9 Å². The Labute approximate surface area is 97.6 Å². The van der Waals surface area contributed by atoms with Crippen molar-refractivity contribution in [2.24, 2.45) is 0 Å². The summed E-state index contributed by atoms with van der Waals surface area (Å²) in [5, 5.41) is 0.133. The summed E-state index contributed by atoms with van der Waals surface area (Å²) < 4.78 is 0. The fourth-order valence-corrected chi connectivity index (χ4v) is 1.74. The van der Waals surface area contributed by atoms with Gasteiger partial charge >= 0.3 is 0 Å². The number of hydrogen-bond acceptors (Lipinski definition) is 4. The smallest absolute Gasteiger partial charge is 0.121 e. The number of hydrogen-bond donors (Lipinski definition) is 1. The SMILES string of the molecule is CCN(CCCCC=O)CC(S)CC=O. The van der Waals surface area contributed by atoms with Crippen LogP contribution in [0.25, 0.3) is 0 Å². The molecule has 0 aliphatic heterocycles. The van der Waals surface area contributed by atoms with E-state index in [0.29, 0.717) is 12.8 Å². The van der Waals surface area contributed by atoms with E-state index in [-0.39, 0.29) is 5.25 Å². The zero-order valence-corrected chi connectivity index (χ0v) is 10.3. The van der Waals surface area contributed by atoms with E-state index in [2.05, 4.69) is 24.5 Å². The molecule has 0 saturated carbocycles. The number of rotatable bonds is 10. The van der Waals surface area contributed by atoms with Crippen LogP contribution in [0, 0.1) is 0 Å². The third kappa shape index (κ3) is 8.63. The van der Waals surface area contributed by atoms with Gasteiger partial charge < -0.3 is 14.5 Å². The van der Waals surface area contributed by atoms with Crippen LogP contribution in [0.5, 0.6) is 0 Å². The minimum absolute atomic E-state index is 0.133. The second-order valence-electron chi connectivity index (χ2n) is 3.61. The van der Waals surface area contributed by atoms with Crippen LogP contribution in [0.15, 0.2) is 0 Å². The summed E-state index contributed by atoms with van der Waals surface area (Å²) in [4.78, 5) is 22.7. The molecule has 0 heterocycles. The van der Waals surface area contributed by atoms with Crippen LogP contribution >= 0.6 is 12.6 Å². The van der Waals surface area contributed by atoms with E-state index in [4.69, 9.17) is 0 Å². The fourth-order valence-electron chi connectivity index (χ4n) is 1.43. The van der Waals surface area contributed by atoms with Crippen LogP contribution in [-0.2, 0) is 9.59 Å². The van der Waals surface area contributed by atoms with Gasteiger partial charge in [0.05, 0.1) is 0 Å². The molecule has 0 aliphatic rings. The van der Waals surface area contributed by atoms with Gasteiger partial charge in [0.15, 0.2) is 0 Å². The molecule has 0 bridgehead atoms. The molecule has 0 rings (SSSR count). The number of carbonyl (C=O) groups is 2. The van der Waals surface area contributed by atoms with Crippen molar-refractivity contribution in [1.82, 2.24) is 4.90 Å². The van der Waals surface area contributed by atoms with Gasteiger partial charge in [0.2, 0.25) is 0 Å². The summed E-state index contributed by atoms with van der Waals surface area (Å²) >= 11 is 4.34. The first-order valence-corrected chi connectivity index (χ1v) is 6.03. The second-order valence-corrected chi connectivity index (χ2v) is 4.34. The zero-order chi connectivity index (χ0) is 11.5. The molecule has 0 amide bonds. The summed E-state index contributed by atoms with van der Waals surface area (Å²) in [6.45, 7) is 4.90. The molecule has 1 atom stereocenters. The molecule has 4 heteroatoms. The van der Waals surface area contributed by atoms with E-state index in [9.17, 15) is 9.59 Å². The van der Waals surface area contributed by atoms with E-state index >= 15 is 0 Å². The number of thiol groups is 1. The number of carbonyl (C=O) groups excluding carboxylic acids is 2. The third-order valence-electron chi connectivity index (χ3n) is 2.33. The quantitative estimate of drug-likeness (QED) is 0.352. The minimum atomic E-state index is 0.133. The van der Waals surface area contributed by atoms with Crippen molar-refractivity contribution in [3.63, 3.8) is 0 Å². The topological polar surface area (TPSA) is 37.4 Å². The highest BCUT2D eigenvalue weighted by Gasteiger charge is 2.08. The average molecular weight is 231 g/mol. The van der Waals surface area contributed by atoms with E-state index in [1.165, 1.54) is 0 Å². The van der Waals surface area contributed by atoms with Crippen molar-refractivity contribution < 1.29 is 9.59 Å². The van der Waals surface area contributed by atoms with Crippen LogP contribution in [0.1, 0.15) is 32.6 Å². The van der Waals surface area contributed by atoms with Gasteiger partial charge in [-0.05, 0) is 25.9 Å². The molecule has 0 aliphatic carbocycles. The third-order valence-corrected chi connectivity index (χ3v) is 2.70. The molecule has 88 valence electrons. The fraction of sp³-hybridized carbons (Fsp3) is 0.818. The number of nitrogens with zero attached hydrogens (tertiary/aromatic N) is 1. The maximum absolute atomic E-state index is 10.3. The van der Waals surface area contributed by atoms with Crippen LogP contribution in [0.3, 0.4) is 0 Å². The Morgan fingerprint density at radius 2 is 2.00 bits per heavy atom. The lowest BCUT2D eigenvalue weighted by Gasteiger charge is -2.22. The summed E-state index contributed by atoms with van der Waals surface area (Å²) in [5.74, 6) is 0. The Hall–Kier alpha value is -0.350. The van der Waals surface area contributed by atoms with Gasteiger partial charge in [0.25, 0.3) is 0 Å². The molecule has 0 radical (unpaired) electrons. The lowest BCUT2D eigenvalue weighted by atomic mass is 10.2. The number of aldehydes is 2. The standard InChI is InChI=1S/C11H21NO2S/c1-2-12(7-4-3-5-8-13)10-11(15)6-9-14/h8-9,11,15H,2-7,10H2,1H3. The number of unbranched alkanes of at least 4 members (excludes halogenated alkanes) is 2.